The second-order valence-electron chi connectivity index (χ2n) is 6.43. The zero-order chi connectivity index (χ0) is 17.0. The van der Waals surface area contributed by atoms with Gasteiger partial charge >= 0.3 is 0 Å². The number of amides is 1. The number of carbonyl (C=O) groups is 2. The first-order chi connectivity index (χ1) is 10.9. The van der Waals surface area contributed by atoms with Crippen molar-refractivity contribution in [1.82, 2.24) is 10.2 Å². The van der Waals surface area contributed by atoms with E-state index < -0.39 is 6.10 Å². The van der Waals surface area contributed by atoms with Crippen molar-refractivity contribution in [2.24, 2.45) is 0 Å². The maximum atomic E-state index is 12.3. The number of ketones is 1. The molecule has 2 rings (SSSR count). The summed E-state index contributed by atoms with van der Waals surface area (Å²) in [7, 11) is 0. The van der Waals surface area contributed by atoms with Crippen molar-refractivity contribution < 1.29 is 14.3 Å². The third-order valence-electron chi connectivity index (χ3n) is 4.22. The average molecular weight is 318 g/mol. The maximum absolute atomic E-state index is 12.3. The summed E-state index contributed by atoms with van der Waals surface area (Å²) in [5.41, 5.74) is 0.582. The Hall–Kier alpha value is -1.88. The van der Waals surface area contributed by atoms with Gasteiger partial charge in [0.05, 0.1) is 0 Å². The molecule has 126 valence electrons. The quantitative estimate of drug-likeness (QED) is 0.817. The highest BCUT2D eigenvalue weighted by Crippen LogP contribution is 2.16. The molecule has 1 aliphatic heterocycles. The number of benzene rings is 1. The van der Waals surface area contributed by atoms with Gasteiger partial charge in [0, 0.05) is 30.7 Å². The van der Waals surface area contributed by atoms with Gasteiger partial charge < -0.3 is 10.1 Å². The highest BCUT2D eigenvalue weighted by molar-refractivity contribution is 5.94. The molecule has 1 N–H and O–H groups in total. The van der Waals surface area contributed by atoms with E-state index in [4.69, 9.17) is 4.74 Å². The molecule has 0 unspecified atom stereocenters. The molecule has 0 aliphatic carbocycles. The predicted octanol–water partition coefficient (Wildman–Crippen LogP) is 2.26. The minimum atomic E-state index is -0.592. The van der Waals surface area contributed by atoms with E-state index in [1.807, 2.05) is 0 Å². The first-order valence-electron chi connectivity index (χ1n) is 8.19. The second-order valence-corrected chi connectivity index (χ2v) is 6.43. The Kier molecular flexibility index (Phi) is 5.77. The van der Waals surface area contributed by atoms with Crippen LogP contribution in [-0.4, -0.2) is 47.9 Å². The summed E-state index contributed by atoms with van der Waals surface area (Å²) in [5.74, 6) is 0.400. The van der Waals surface area contributed by atoms with E-state index in [2.05, 4.69) is 24.1 Å². The fourth-order valence-corrected chi connectivity index (χ4v) is 2.74. The van der Waals surface area contributed by atoms with Crippen molar-refractivity contribution in [2.45, 2.75) is 52.3 Å². The van der Waals surface area contributed by atoms with Crippen LogP contribution in [0.3, 0.4) is 0 Å². The van der Waals surface area contributed by atoms with Crippen molar-refractivity contribution in [3.05, 3.63) is 29.8 Å². The van der Waals surface area contributed by atoms with E-state index in [9.17, 15) is 9.59 Å². The van der Waals surface area contributed by atoms with Gasteiger partial charge in [0.1, 0.15) is 5.75 Å². The minimum Gasteiger partial charge on any atom is -0.481 e. The molecule has 5 nitrogen and oxygen atoms in total. The fourth-order valence-electron chi connectivity index (χ4n) is 2.74. The molecule has 0 bridgehead atoms. The van der Waals surface area contributed by atoms with Crippen molar-refractivity contribution in [1.29, 1.82) is 0 Å². The van der Waals surface area contributed by atoms with Gasteiger partial charge in [-0.25, -0.2) is 0 Å². The normalized spacial score (nSPS) is 19.6. The number of nitrogens with one attached hydrogen (secondary N) is 1. The van der Waals surface area contributed by atoms with Crippen molar-refractivity contribution in [3.8, 4) is 5.75 Å². The van der Waals surface area contributed by atoms with Crippen LogP contribution in [0.4, 0.5) is 0 Å². The number of likely N-dealkylation sites (tertiary alicyclic amines) is 1. The topological polar surface area (TPSA) is 58.6 Å². The lowest BCUT2D eigenvalue weighted by Crippen LogP contribution is -2.44. The molecule has 0 aromatic heterocycles. The fraction of sp³-hybridized carbons (Fsp3) is 0.556. The van der Waals surface area contributed by atoms with Crippen molar-refractivity contribution in [3.63, 3.8) is 0 Å². The van der Waals surface area contributed by atoms with Gasteiger partial charge in [-0.2, -0.15) is 0 Å². The highest BCUT2D eigenvalue weighted by Gasteiger charge is 2.27. The Labute approximate surface area is 138 Å². The number of Topliss-reactive ketones (excluding diaryl/α,β-unsaturated/α-hetero) is 1. The largest absolute Gasteiger partial charge is 0.481 e. The molecule has 5 heteroatoms. The molecule has 0 spiro atoms. The van der Waals surface area contributed by atoms with Gasteiger partial charge in [0.2, 0.25) is 0 Å². The van der Waals surface area contributed by atoms with E-state index in [1.54, 1.807) is 31.2 Å². The standard InChI is InChI=1S/C18H26N2O3/c1-12(2)20-9-8-16(11-20)19-18(22)14(4)23-17-7-5-6-15(10-17)13(3)21/h5-7,10,12,14,16H,8-9,11H2,1-4H3,(H,19,22)/t14-,16+/m1/s1. The molecule has 1 saturated heterocycles. The molecule has 23 heavy (non-hydrogen) atoms. The van der Waals surface area contributed by atoms with E-state index in [0.29, 0.717) is 17.4 Å². The molecule has 1 fully saturated rings. The number of carbonyl (C=O) groups excluding carboxylic acids is 2. The zero-order valence-corrected chi connectivity index (χ0v) is 14.3. The summed E-state index contributed by atoms with van der Waals surface area (Å²) in [4.78, 5) is 26.0. The first-order valence-corrected chi connectivity index (χ1v) is 8.19. The second kappa shape index (κ2) is 7.59. The summed E-state index contributed by atoms with van der Waals surface area (Å²) in [6, 6.07) is 7.60. The molecule has 1 heterocycles. The van der Waals surface area contributed by atoms with Gasteiger partial charge in [-0.1, -0.05) is 12.1 Å². The van der Waals surface area contributed by atoms with E-state index in [-0.39, 0.29) is 17.7 Å². The molecule has 2 atom stereocenters. The lowest BCUT2D eigenvalue weighted by Gasteiger charge is -2.21. The predicted molar refractivity (Wildman–Crippen MR) is 89.8 cm³/mol. The van der Waals surface area contributed by atoms with Crippen LogP contribution in [-0.2, 0) is 4.79 Å². The Morgan fingerprint density at radius 2 is 2.04 bits per heavy atom. The number of rotatable bonds is 6. The van der Waals surface area contributed by atoms with E-state index in [0.717, 1.165) is 19.5 Å². The van der Waals surface area contributed by atoms with Crippen molar-refractivity contribution >= 4 is 11.7 Å². The van der Waals surface area contributed by atoms with Crippen LogP contribution >= 0.6 is 0 Å². The molecule has 0 radical (unpaired) electrons. The molecular weight excluding hydrogens is 292 g/mol. The van der Waals surface area contributed by atoms with E-state index >= 15 is 0 Å². The van der Waals surface area contributed by atoms with Crippen LogP contribution in [0.5, 0.6) is 5.75 Å². The number of ether oxygens (including phenoxy) is 1. The summed E-state index contributed by atoms with van der Waals surface area (Å²) < 4.78 is 5.67. The lowest BCUT2D eigenvalue weighted by molar-refractivity contribution is -0.127. The summed E-state index contributed by atoms with van der Waals surface area (Å²) in [6.45, 7) is 9.46. The highest BCUT2D eigenvalue weighted by atomic mass is 16.5. The van der Waals surface area contributed by atoms with Gasteiger partial charge in [-0.3, -0.25) is 14.5 Å². The minimum absolute atomic E-state index is 0.0210. The van der Waals surface area contributed by atoms with Crippen LogP contribution in [0.2, 0.25) is 0 Å². The SMILES string of the molecule is CC(=O)c1cccc(O[C@H](C)C(=O)N[C@H]2CCN(C(C)C)C2)c1. The summed E-state index contributed by atoms with van der Waals surface area (Å²) >= 11 is 0. The van der Waals surface area contributed by atoms with Gasteiger partial charge in [0.15, 0.2) is 11.9 Å². The van der Waals surface area contributed by atoms with Gasteiger partial charge in [-0.05, 0) is 46.2 Å². The van der Waals surface area contributed by atoms with Crippen LogP contribution in [0.15, 0.2) is 24.3 Å². The van der Waals surface area contributed by atoms with Crippen molar-refractivity contribution in [2.75, 3.05) is 13.1 Å². The number of hydrogen-bond acceptors (Lipinski definition) is 4. The van der Waals surface area contributed by atoms with E-state index in [1.165, 1.54) is 6.92 Å². The first kappa shape index (κ1) is 17.5. The summed E-state index contributed by atoms with van der Waals surface area (Å²) in [6.07, 6.45) is 0.376. The third kappa shape index (κ3) is 4.79. The zero-order valence-electron chi connectivity index (χ0n) is 14.3. The maximum Gasteiger partial charge on any atom is 0.261 e. The Balaban J connectivity index is 1.88. The monoisotopic (exact) mass is 318 g/mol. The molecular formula is C18H26N2O3. The van der Waals surface area contributed by atoms with Crippen LogP contribution in [0.25, 0.3) is 0 Å². The molecule has 0 saturated carbocycles. The third-order valence-corrected chi connectivity index (χ3v) is 4.22. The number of nitrogens with zero attached hydrogens (tertiary/aromatic N) is 1. The van der Waals surface area contributed by atoms with Gasteiger partial charge in [-0.15, -0.1) is 0 Å². The number of hydrogen-bond donors (Lipinski definition) is 1. The van der Waals surface area contributed by atoms with Crippen LogP contribution in [0, 0.1) is 0 Å². The lowest BCUT2D eigenvalue weighted by atomic mass is 10.1. The van der Waals surface area contributed by atoms with Crippen LogP contribution in [0.1, 0.15) is 44.5 Å². The van der Waals surface area contributed by atoms with Gasteiger partial charge in [0.25, 0.3) is 5.91 Å². The van der Waals surface area contributed by atoms with Crippen LogP contribution < -0.4 is 10.1 Å². The molecule has 1 aliphatic rings. The Morgan fingerprint density at radius 1 is 1.30 bits per heavy atom. The Bertz CT molecular complexity index is 571. The Morgan fingerprint density at radius 3 is 2.65 bits per heavy atom. The summed E-state index contributed by atoms with van der Waals surface area (Å²) in [5, 5.41) is 3.05. The molecule has 1 amide bonds. The molecule has 1 aromatic rings. The smallest absolute Gasteiger partial charge is 0.261 e. The average Bonchev–Trinajstić information content (AvgIpc) is 2.96. The molecule has 1 aromatic carbocycles.